The quantitative estimate of drug-likeness (QED) is 0.849. The van der Waals surface area contributed by atoms with E-state index in [1.54, 1.807) is 23.1 Å². The number of carbonyl (C=O) groups is 1. The molecule has 7 nitrogen and oxygen atoms in total. The molecule has 144 valence electrons. The average molecular weight is 389 g/mol. The molecule has 1 aromatic heterocycles. The molecule has 1 aliphatic rings. The van der Waals surface area contributed by atoms with Gasteiger partial charge in [0.25, 0.3) is 15.9 Å². The number of hydrogen-bond donors (Lipinski definition) is 1. The molecule has 1 fully saturated rings. The lowest BCUT2D eigenvalue weighted by Crippen LogP contribution is -2.38. The maximum absolute atomic E-state index is 12.9. The van der Waals surface area contributed by atoms with Crippen molar-refractivity contribution in [1.29, 1.82) is 0 Å². The Balaban J connectivity index is 1.88. The normalized spacial score (nSPS) is 15.4. The van der Waals surface area contributed by atoms with Crippen molar-refractivity contribution in [2.24, 2.45) is 5.92 Å². The summed E-state index contributed by atoms with van der Waals surface area (Å²) >= 11 is 0. The fourth-order valence-electron chi connectivity index (χ4n) is 3.06. The highest BCUT2D eigenvalue weighted by atomic mass is 32.2. The second-order valence-corrected chi connectivity index (χ2v) is 8.34. The molecule has 1 saturated heterocycles. The Morgan fingerprint density at radius 1 is 1.22 bits per heavy atom. The monoisotopic (exact) mass is 389 g/mol. The number of hydrogen-bond acceptors (Lipinski definition) is 5. The van der Waals surface area contributed by atoms with Crippen molar-refractivity contribution >= 4 is 21.6 Å². The highest BCUT2D eigenvalue weighted by molar-refractivity contribution is 7.92. The molecule has 0 atom stereocenters. The molecular formula is C19H23N3O4S. The van der Waals surface area contributed by atoms with Crippen LogP contribution in [0.5, 0.6) is 5.75 Å². The van der Waals surface area contributed by atoms with Gasteiger partial charge in [-0.05, 0) is 30.9 Å². The number of carbonyl (C=O) groups excluding carboxylic acids is 1. The molecule has 0 unspecified atom stereocenters. The number of nitrogens with zero attached hydrogens (tertiary/aromatic N) is 2. The van der Waals surface area contributed by atoms with Crippen LogP contribution < -0.4 is 9.46 Å². The second-order valence-electron chi connectivity index (χ2n) is 6.69. The van der Waals surface area contributed by atoms with Crippen molar-refractivity contribution in [2.45, 2.75) is 24.7 Å². The summed E-state index contributed by atoms with van der Waals surface area (Å²) in [6.45, 7) is 3.44. The van der Waals surface area contributed by atoms with Crippen molar-refractivity contribution < 1.29 is 17.9 Å². The zero-order valence-electron chi connectivity index (χ0n) is 15.4. The van der Waals surface area contributed by atoms with E-state index in [2.05, 4.69) is 16.6 Å². The highest BCUT2D eigenvalue weighted by Gasteiger charge is 2.27. The van der Waals surface area contributed by atoms with E-state index in [4.69, 9.17) is 4.74 Å². The summed E-state index contributed by atoms with van der Waals surface area (Å²) in [7, 11) is -2.48. The van der Waals surface area contributed by atoms with Gasteiger partial charge in [0.05, 0.1) is 30.8 Å². The summed E-state index contributed by atoms with van der Waals surface area (Å²) in [4.78, 5) is 18.6. The number of anilines is 1. The van der Waals surface area contributed by atoms with Gasteiger partial charge in [0.15, 0.2) is 0 Å². The van der Waals surface area contributed by atoms with Crippen LogP contribution in [0.25, 0.3) is 0 Å². The maximum Gasteiger partial charge on any atom is 0.262 e. The van der Waals surface area contributed by atoms with E-state index in [0.717, 1.165) is 12.8 Å². The van der Waals surface area contributed by atoms with Crippen LogP contribution in [0.1, 0.15) is 30.1 Å². The smallest absolute Gasteiger partial charge is 0.262 e. The Morgan fingerprint density at radius 2 is 1.93 bits per heavy atom. The SMILES string of the molecule is COc1cncc(NS(=O)(=O)c2ccccc2C(=O)N2CCC(C)CC2)c1. The number of piperidine rings is 1. The van der Waals surface area contributed by atoms with Crippen LogP contribution >= 0.6 is 0 Å². The second kappa shape index (κ2) is 7.96. The third-order valence-corrected chi connectivity index (χ3v) is 6.12. The van der Waals surface area contributed by atoms with Gasteiger partial charge < -0.3 is 9.64 Å². The minimum absolute atomic E-state index is 0.0450. The van der Waals surface area contributed by atoms with Crippen molar-refractivity contribution in [1.82, 2.24) is 9.88 Å². The Kier molecular flexibility index (Phi) is 5.65. The first-order valence-electron chi connectivity index (χ1n) is 8.81. The summed E-state index contributed by atoms with van der Waals surface area (Å²) in [5.41, 5.74) is 0.443. The van der Waals surface area contributed by atoms with E-state index in [9.17, 15) is 13.2 Å². The van der Waals surface area contributed by atoms with Gasteiger partial charge in [0.2, 0.25) is 0 Å². The van der Waals surface area contributed by atoms with Crippen LogP contribution in [0.4, 0.5) is 5.69 Å². The first kappa shape index (κ1) is 19.2. The number of rotatable bonds is 5. The number of ether oxygens (including phenoxy) is 1. The molecule has 1 N–H and O–H groups in total. The fourth-order valence-corrected chi connectivity index (χ4v) is 4.29. The third-order valence-electron chi connectivity index (χ3n) is 4.68. The summed E-state index contributed by atoms with van der Waals surface area (Å²) in [6, 6.07) is 7.80. The van der Waals surface area contributed by atoms with Crippen LogP contribution in [0.15, 0.2) is 47.6 Å². The Bertz CT molecular complexity index is 922. The molecule has 0 radical (unpaired) electrons. The first-order valence-corrected chi connectivity index (χ1v) is 10.3. The predicted molar refractivity (Wildman–Crippen MR) is 102 cm³/mol. The molecule has 27 heavy (non-hydrogen) atoms. The molecule has 1 amide bonds. The molecule has 0 bridgehead atoms. The minimum Gasteiger partial charge on any atom is -0.495 e. The first-order chi connectivity index (χ1) is 12.9. The molecule has 2 aromatic rings. The number of pyridine rings is 1. The van der Waals surface area contributed by atoms with Crippen LogP contribution in [-0.4, -0.2) is 44.4 Å². The van der Waals surface area contributed by atoms with Crippen molar-refractivity contribution in [3.63, 3.8) is 0 Å². The van der Waals surface area contributed by atoms with Crippen molar-refractivity contribution in [3.8, 4) is 5.75 Å². The van der Waals surface area contributed by atoms with E-state index >= 15 is 0 Å². The maximum atomic E-state index is 12.9. The number of aromatic nitrogens is 1. The lowest BCUT2D eigenvalue weighted by molar-refractivity contribution is 0.0693. The standard InChI is InChI=1S/C19H23N3O4S/c1-14-7-9-22(10-8-14)19(23)17-5-3-4-6-18(17)27(24,25)21-15-11-16(26-2)13-20-12-15/h3-6,11-14,21H,7-10H2,1-2H3. The number of benzene rings is 1. The Labute approximate surface area is 159 Å². The van der Waals surface area contributed by atoms with Crippen LogP contribution in [0, 0.1) is 5.92 Å². The molecule has 3 rings (SSSR count). The van der Waals surface area contributed by atoms with E-state index in [1.807, 2.05) is 0 Å². The van der Waals surface area contributed by atoms with E-state index in [-0.39, 0.29) is 22.1 Å². The number of methoxy groups -OCH3 is 1. The van der Waals surface area contributed by atoms with E-state index in [0.29, 0.717) is 24.8 Å². The van der Waals surface area contributed by atoms with Gasteiger partial charge in [-0.2, -0.15) is 0 Å². The van der Waals surface area contributed by atoms with Gasteiger partial charge in [-0.3, -0.25) is 14.5 Å². The number of likely N-dealkylation sites (tertiary alicyclic amines) is 1. The van der Waals surface area contributed by atoms with Crippen LogP contribution in [0.2, 0.25) is 0 Å². The van der Waals surface area contributed by atoms with E-state index in [1.165, 1.54) is 31.6 Å². The number of amides is 1. The topological polar surface area (TPSA) is 88.6 Å². The van der Waals surface area contributed by atoms with Gasteiger partial charge in [-0.1, -0.05) is 19.1 Å². The van der Waals surface area contributed by atoms with Crippen LogP contribution in [-0.2, 0) is 10.0 Å². The number of nitrogens with one attached hydrogen (secondary N) is 1. The van der Waals surface area contributed by atoms with Gasteiger partial charge in [0, 0.05) is 19.2 Å². The van der Waals surface area contributed by atoms with Gasteiger partial charge in [-0.15, -0.1) is 0 Å². The fraction of sp³-hybridized carbons (Fsp3) is 0.368. The molecule has 0 saturated carbocycles. The molecule has 8 heteroatoms. The molecule has 1 aliphatic heterocycles. The summed E-state index contributed by atoms with van der Waals surface area (Å²) in [5.74, 6) is 0.754. The van der Waals surface area contributed by atoms with Gasteiger partial charge in [-0.25, -0.2) is 8.42 Å². The molecule has 0 aliphatic carbocycles. The Morgan fingerprint density at radius 3 is 2.63 bits per heavy atom. The van der Waals surface area contributed by atoms with Crippen molar-refractivity contribution in [2.75, 3.05) is 24.9 Å². The average Bonchev–Trinajstić information content (AvgIpc) is 2.68. The molecular weight excluding hydrogens is 366 g/mol. The third kappa shape index (κ3) is 4.39. The van der Waals surface area contributed by atoms with Gasteiger partial charge in [0.1, 0.15) is 10.6 Å². The highest BCUT2D eigenvalue weighted by Crippen LogP contribution is 2.24. The zero-order chi connectivity index (χ0) is 19.4. The summed E-state index contributed by atoms with van der Waals surface area (Å²) in [6.07, 6.45) is 4.71. The molecule has 1 aromatic carbocycles. The van der Waals surface area contributed by atoms with E-state index < -0.39 is 10.0 Å². The molecule has 0 spiro atoms. The lowest BCUT2D eigenvalue weighted by atomic mass is 9.98. The lowest BCUT2D eigenvalue weighted by Gasteiger charge is -2.30. The largest absolute Gasteiger partial charge is 0.495 e. The van der Waals surface area contributed by atoms with Crippen LogP contribution in [0.3, 0.4) is 0 Å². The zero-order valence-corrected chi connectivity index (χ0v) is 16.2. The Hall–Kier alpha value is -2.61. The summed E-state index contributed by atoms with van der Waals surface area (Å²) < 4.78 is 33.4. The van der Waals surface area contributed by atoms with Gasteiger partial charge >= 0.3 is 0 Å². The predicted octanol–water partition coefficient (Wildman–Crippen LogP) is 2.76. The minimum atomic E-state index is -3.96. The number of sulfonamides is 1. The molecule has 2 heterocycles. The van der Waals surface area contributed by atoms with Crippen molar-refractivity contribution in [3.05, 3.63) is 48.3 Å². The summed E-state index contributed by atoms with van der Waals surface area (Å²) in [5, 5.41) is 0.